The topological polar surface area (TPSA) is 48.3 Å². The van der Waals surface area contributed by atoms with E-state index in [1.54, 1.807) is 7.11 Å². The van der Waals surface area contributed by atoms with Crippen molar-refractivity contribution in [2.75, 3.05) is 7.11 Å². The van der Waals surface area contributed by atoms with Crippen molar-refractivity contribution in [3.8, 4) is 17.0 Å². The maximum Gasteiger partial charge on any atom is 0.196 e. The number of ketones is 2. The quantitative estimate of drug-likeness (QED) is 0.723. The number of Topliss-reactive ketones (excluding diaryl/α,β-unsaturated/α-hetero) is 1. The van der Waals surface area contributed by atoms with Gasteiger partial charge < -0.3 is 9.30 Å². The first kappa shape index (κ1) is 14.2. The SMILES string of the molecule is COc1cccc2c1-c1c(c3c(n1C(C)C)CCCC3=O)C2=O. The number of aromatic nitrogens is 1. The third kappa shape index (κ3) is 1.72. The first-order valence-corrected chi connectivity index (χ1v) is 8.08. The number of benzene rings is 1. The van der Waals surface area contributed by atoms with Crippen molar-refractivity contribution in [1.29, 1.82) is 0 Å². The summed E-state index contributed by atoms with van der Waals surface area (Å²) in [6.45, 7) is 4.19. The molecule has 0 saturated carbocycles. The molecule has 0 atom stereocenters. The lowest BCUT2D eigenvalue weighted by atomic mass is 9.92. The lowest BCUT2D eigenvalue weighted by Gasteiger charge is -2.20. The fourth-order valence-corrected chi connectivity index (χ4v) is 4.03. The Labute approximate surface area is 135 Å². The summed E-state index contributed by atoms with van der Waals surface area (Å²) >= 11 is 0. The number of carbonyl (C=O) groups is 2. The molecule has 23 heavy (non-hydrogen) atoms. The van der Waals surface area contributed by atoms with Crippen LogP contribution in [0.5, 0.6) is 5.75 Å². The summed E-state index contributed by atoms with van der Waals surface area (Å²) in [6.07, 6.45) is 2.24. The molecular weight excluding hydrogens is 290 g/mol. The highest BCUT2D eigenvalue weighted by atomic mass is 16.5. The van der Waals surface area contributed by atoms with Crippen LogP contribution in [0.25, 0.3) is 11.3 Å². The smallest absolute Gasteiger partial charge is 0.196 e. The van der Waals surface area contributed by atoms with E-state index in [-0.39, 0.29) is 17.6 Å². The number of carbonyl (C=O) groups excluding carboxylic acids is 2. The Balaban J connectivity index is 2.15. The van der Waals surface area contributed by atoms with Crippen LogP contribution in [0.2, 0.25) is 0 Å². The molecule has 1 heterocycles. The van der Waals surface area contributed by atoms with E-state index in [0.717, 1.165) is 29.8 Å². The molecule has 0 saturated heterocycles. The minimum atomic E-state index is -0.0419. The average Bonchev–Trinajstić information content (AvgIpc) is 3.02. The summed E-state index contributed by atoms with van der Waals surface area (Å²) in [5.74, 6) is 0.751. The fraction of sp³-hybridized carbons (Fsp3) is 0.368. The van der Waals surface area contributed by atoms with Crippen molar-refractivity contribution in [2.45, 2.75) is 39.2 Å². The number of hydrogen-bond acceptors (Lipinski definition) is 3. The van der Waals surface area contributed by atoms with Gasteiger partial charge >= 0.3 is 0 Å². The van der Waals surface area contributed by atoms with E-state index in [2.05, 4.69) is 18.4 Å². The fourth-order valence-electron chi connectivity index (χ4n) is 4.03. The van der Waals surface area contributed by atoms with Gasteiger partial charge in [-0.1, -0.05) is 12.1 Å². The van der Waals surface area contributed by atoms with Crippen LogP contribution in [0, 0.1) is 0 Å². The highest BCUT2D eigenvalue weighted by molar-refractivity contribution is 6.27. The zero-order chi connectivity index (χ0) is 16.3. The van der Waals surface area contributed by atoms with Gasteiger partial charge in [0.2, 0.25) is 0 Å². The Bertz CT molecular complexity index is 858. The van der Waals surface area contributed by atoms with Crippen LogP contribution in [0.3, 0.4) is 0 Å². The van der Waals surface area contributed by atoms with Crippen molar-refractivity contribution in [1.82, 2.24) is 4.57 Å². The van der Waals surface area contributed by atoms with Crippen molar-refractivity contribution in [2.24, 2.45) is 0 Å². The van der Waals surface area contributed by atoms with Crippen LogP contribution in [0.1, 0.15) is 64.7 Å². The Morgan fingerprint density at radius 2 is 1.87 bits per heavy atom. The minimum absolute atomic E-state index is 0.0419. The molecule has 0 amide bonds. The molecule has 0 aliphatic heterocycles. The third-order valence-corrected chi connectivity index (χ3v) is 4.87. The van der Waals surface area contributed by atoms with E-state index in [9.17, 15) is 9.59 Å². The molecule has 2 aliphatic carbocycles. The molecule has 0 N–H and O–H groups in total. The van der Waals surface area contributed by atoms with Crippen molar-refractivity contribution >= 4 is 11.6 Å². The van der Waals surface area contributed by atoms with Crippen LogP contribution in [-0.4, -0.2) is 23.2 Å². The van der Waals surface area contributed by atoms with Gasteiger partial charge in [-0.3, -0.25) is 9.59 Å². The van der Waals surface area contributed by atoms with Crippen LogP contribution >= 0.6 is 0 Å². The highest BCUT2D eigenvalue weighted by Crippen LogP contribution is 2.48. The van der Waals surface area contributed by atoms with Gasteiger partial charge in [0.1, 0.15) is 5.75 Å². The van der Waals surface area contributed by atoms with Crippen molar-refractivity contribution in [3.05, 3.63) is 40.6 Å². The molecule has 4 heteroatoms. The number of rotatable bonds is 2. The van der Waals surface area contributed by atoms with Gasteiger partial charge in [-0.05, 0) is 32.8 Å². The summed E-state index contributed by atoms with van der Waals surface area (Å²) < 4.78 is 7.68. The molecule has 0 unspecified atom stereocenters. The van der Waals surface area contributed by atoms with Gasteiger partial charge in [-0.15, -0.1) is 0 Å². The van der Waals surface area contributed by atoms with E-state index in [1.807, 2.05) is 18.2 Å². The number of nitrogens with zero attached hydrogens (tertiary/aromatic N) is 1. The monoisotopic (exact) mass is 309 g/mol. The molecular formula is C19H19NO3. The largest absolute Gasteiger partial charge is 0.496 e. The standard InChI is InChI=1S/C19H19NO3/c1-10(2)20-12-7-5-8-13(21)16(12)17-18(20)15-11(19(17)22)6-4-9-14(15)23-3/h4,6,9-10H,5,7-8H2,1-3H3. The summed E-state index contributed by atoms with van der Waals surface area (Å²) in [7, 11) is 1.62. The normalized spacial score (nSPS) is 15.7. The molecule has 1 aromatic heterocycles. The minimum Gasteiger partial charge on any atom is -0.496 e. The Hall–Kier alpha value is -2.36. The van der Waals surface area contributed by atoms with Crippen LogP contribution < -0.4 is 4.74 Å². The van der Waals surface area contributed by atoms with E-state index in [0.29, 0.717) is 28.9 Å². The molecule has 118 valence electrons. The number of methoxy groups -OCH3 is 1. The van der Waals surface area contributed by atoms with Crippen molar-refractivity contribution < 1.29 is 14.3 Å². The van der Waals surface area contributed by atoms with Gasteiger partial charge in [0, 0.05) is 23.7 Å². The Morgan fingerprint density at radius 1 is 1.09 bits per heavy atom. The molecule has 0 radical (unpaired) electrons. The number of hydrogen-bond donors (Lipinski definition) is 0. The summed E-state index contributed by atoms with van der Waals surface area (Å²) in [4.78, 5) is 25.5. The number of ether oxygens (including phenoxy) is 1. The maximum atomic E-state index is 13.0. The van der Waals surface area contributed by atoms with Gasteiger partial charge in [0.25, 0.3) is 0 Å². The molecule has 2 aliphatic rings. The highest BCUT2D eigenvalue weighted by Gasteiger charge is 2.41. The van der Waals surface area contributed by atoms with Gasteiger partial charge in [-0.25, -0.2) is 0 Å². The second-order valence-corrected chi connectivity index (χ2v) is 6.50. The summed E-state index contributed by atoms with van der Waals surface area (Å²) in [6, 6.07) is 5.71. The molecule has 0 fully saturated rings. The van der Waals surface area contributed by atoms with E-state index < -0.39 is 0 Å². The lowest BCUT2D eigenvalue weighted by Crippen LogP contribution is -2.16. The van der Waals surface area contributed by atoms with Crippen LogP contribution in [0.15, 0.2) is 18.2 Å². The second kappa shape index (κ2) is 4.82. The zero-order valence-corrected chi connectivity index (χ0v) is 13.6. The van der Waals surface area contributed by atoms with Crippen LogP contribution in [-0.2, 0) is 6.42 Å². The summed E-state index contributed by atoms with van der Waals surface area (Å²) in [5, 5.41) is 0. The van der Waals surface area contributed by atoms with E-state index >= 15 is 0 Å². The van der Waals surface area contributed by atoms with E-state index in [4.69, 9.17) is 4.74 Å². The summed E-state index contributed by atoms with van der Waals surface area (Å²) in [5.41, 5.74) is 4.63. The Kier molecular flexibility index (Phi) is 2.98. The molecule has 2 aromatic rings. The molecule has 1 aromatic carbocycles. The van der Waals surface area contributed by atoms with Gasteiger partial charge in [-0.2, -0.15) is 0 Å². The van der Waals surface area contributed by atoms with E-state index in [1.165, 1.54) is 0 Å². The average molecular weight is 309 g/mol. The van der Waals surface area contributed by atoms with Gasteiger partial charge in [0.15, 0.2) is 11.6 Å². The molecule has 0 spiro atoms. The molecule has 4 rings (SSSR count). The predicted molar refractivity (Wildman–Crippen MR) is 87.5 cm³/mol. The first-order chi connectivity index (χ1) is 11.1. The zero-order valence-electron chi connectivity index (χ0n) is 13.6. The maximum absolute atomic E-state index is 13.0. The predicted octanol–water partition coefficient (Wildman–Crippen LogP) is 3.81. The third-order valence-electron chi connectivity index (χ3n) is 4.87. The van der Waals surface area contributed by atoms with Crippen LogP contribution in [0.4, 0.5) is 0 Å². The Morgan fingerprint density at radius 3 is 2.57 bits per heavy atom. The molecule has 0 bridgehead atoms. The second-order valence-electron chi connectivity index (χ2n) is 6.50. The number of fused-ring (bicyclic) bond motifs is 5. The first-order valence-electron chi connectivity index (χ1n) is 8.08. The van der Waals surface area contributed by atoms with Gasteiger partial charge in [0.05, 0.1) is 29.5 Å². The van der Waals surface area contributed by atoms with Crippen molar-refractivity contribution in [3.63, 3.8) is 0 Å². The molecule has 4 nitrogen and oxygen atoms in total. The lowest BCUT2D eigenvalue weighted by molar-refractivity contribution is 0.0959.